The highest BCUT2D eigenvalue weighted by atomic mass is 32.2. The molecule has 2 aromatic rings. The van der Waals surface area contributed by atoms with Gasteiger partial charge in [0, 0.05) is 24.9 Å². The summed E-state index contributed by atoms with van der Waals surface area (Å²) in [6.45, 7) is 2.88. The largest absolute Gasteiger partial charge is 0.343 e. The lowest BCUT2D eigenvalue weighted by Gasteiger charge is -2.26. The number of nitrogens with zero attached hydrogens (tertiary/aromatic N) is 3. The topological polar surface area (TPSA) is 105 Å². The van der Waals surface area contributed by atoms with Crippen molar-refractivity contribution < 1.29 is 17.7 Å². The normalized spacial score (nSPS) is 19.9. The Hall–Kier alpha value is -1.78. The molecule has 1 N–H and O–H groups in total. The molecule has 1 aliphatic heterocycles. The van der Waals surface area contributed by atoms with E-state index in [-0.39, 0.29) is 12.3 Å². The summed E-state index contributed by atoms with van der Waals surface area (Å²) in [6, 6.07) is 3.34. The van der Waals surface area contributed by atoms with Gasteiger partial charge in [-0.1, -0.05) is 18.0 Å². The molecule has 1 saturated carbocycles. The molecule has 2 aromatic heterocycles. The van der Waals surface area contributed by atoms with Crippen molar-refractivity contribution in [2.24, 2.45) is 0 Å². The Kier molecular flexibility index (Phi) is 5.28. The van der Waals surface area contributed by atoms with Gasteiger partial charge < -0.3 is 9.84 Å². The van der Waals surface area contributed by atoms with Gasteiger partial charge in [0.25, 0.3) is 10.0 Å². The first-order valence-electron chi connectivity index (χ1n) is 9.60. The Morgan fingerprint density at radius 2 is 1.96 bits per heavy atom. The molecule has 28 heavy (non-hydrogen) atoms. The number of sulfonamides is 1. The van der Waals surface area contributed by atoms with E-state index in [0.29, 0.717) is 29.0 Å². The second-order valence-corrected chi connectivity index (χ2v) is 10.8. The first kappa shape index (κ1) is 19.5. The number of aromatic nitrogens is 2. The number of carbonyl (C=O) groups is 1. The third kappa shape index (κ3) is 3.72. The smallest absolute Gasteiger partial charge is 0.252 e. The van der Waals surface area contributed by atoms with E-state index in [9.17, 15) is 13.2 Å². The summed E-state index contributed by atoms with van der Waals surface area (Å²) in [6.07, 6.45) is 5.47. The minimum absolute atomic E-state index is 0.138. The van der Waals surface area contributed by atoms with Crippen molar-refractivity contribution in [3.63, 3.8) is 0 Å². The lowest BCUT2D eigenvalue weighted by molar-refractivity contribution is -0.122. The molecule has 1 amide bonds. The maximum absolute atomic E-state index is 12.7. The van der Waals surface area contributed by atoms with Crippen LogP contribution >= 0.6 is 11.3 Å². The Labute approximate surface area is 168 Å². The van der Waals surface area contributed by atoms with Gasteiger partial charge in [0.15, 0.2) is 5.82 Å². The number of rotatable bonds is 6. The van der Waals surface area contributed by atoms with Crippen LogP contribution in [0.3, 0.4) is 0 Å². The maximum Gasteiger partial charge on any atom is 0.252 e. The first-order chi connectivity index (χ1) is 13.4. The average molecular weight is 425 g/mol. The quantitative estimate of drug-likeness (QED) is 0.763. The van der Waals surface area contributed by atoms with Crippen LogP contribution in [0, 0.1) is 6.92 Å². The van der Waals surface area contributed by atoms with Crippen LogP contribution in [0.5, 0.6) is 0 Å². The molecule has 4 rings (SSSR count). The zero-order valence-electron chi connectivity index (χ0n) is 15.8. The monoisotopic (exact) mass is 424 g/mol. The minimum atomic E-state index is -3.44. The van der Waals surface area contributed by atoms with Crippen LogP contribution in [-0.4, -0.2) is 41.9 Å². The summed E-state index contributed by atoms with van der Waals surface area (Å²) >= 11 is 1.17. The molecule has 152 valence electrons. The Bertz CT molecular complexity index is 954. The van der Waals surface area contributed by atoms with Crippen molar-refractivity contribution in [2.75, 3.05) is 13.1 Å². The van der Waals surface area contributed by atoms with Gasteiger partial charge in [-0.05, 0) is 37.8 Å². The second-order valence-electron chi connectivity index (χ2n) is 7.48. The zero-order valence-corrected chi connectivity index (χ0v) is 17.4. The van der Waals surface area contributed by atoms with E-state index < -0.39 is 15.6 Å². The number of thiophene rings is 1. The highest BCUT2D eigenvalue weighted by Crippen LogP contribution is 2.37. The fourth-order valence-corrected chi connectivity index (χ4v) is 7.02. The molecule has 0 bridgehead atoms. The number of hydrogen-bond donors (Lipinski definition) is 1. The number of aryl methyl sites for hydroxylation is 1. The molecule has 0 radical (unpaired) electrons. The molecule has 2 fully saturated rings. The Morgan fingerprint density at radius 1 is 1.25 bits per heavy atom. The third-order valence-corrected chi connectivity index (χ3v) is 8.87. The minimum Gasteiger partial charge on any atom is -0.343 e. The van der Waals surface area contributed by atoms with Crippen molar-refractivity contribution in [3.8, 4) is 0 Å². The Morgan fingerprint density at radius 3 is 2.61 bits per heavy atom. The van der Waals surface area contributed by atoms with Gasteiger partial charge in [-0.25, -0.2) is 8.42 Å². The van der Waals surface area contributed by atoms with Crippen molar-refractivity contribution in [3.05, 3.63) is 28.7 Å². The van der Waals surface area contributed by atoms with Crippen molar-refractivity contribution in [2.45, 2.75) is 61.6 Å². The predicted molar refractivity (Wildman–Crippen MR) is 103 cm³/mol. The maximum atomic E-state index is 12.7. The SMILES string of the molecule is Cc1nc(C2(NC(=O)Cc3ccc(S(=O)(=O)N4CCCC4)s3)CCCC2)no1. The van der Waals surface area contributed by atoms with Gasteiger partial charge in [0.2, 0.25) is 11.8 Å². The molecular formula is C18H24N4O4S2. The predicted octanol–water partition coefficient (Wildman–Crippen LogP) is 2.35. The fraction of sp³-hybridized carbons (Fsp3) is 0.611. The summed E-state index contributed by atoms with van der Waals surface area (Å²) in [5, 5.41) is 7.12. The van der Waals surface area contributed by atoms with Crippen LogP contribution < -0.4 is 5.32 Å². The fourth-order valence-electron chi connectivity index (χ4n) is 3.99. The third-order valence-electron chi connectivity index (χ3n) is 5.42. The van der Waals surface area contributed by atoms with Gasteiger partial charge in [-0.15, -0.1) is 11.3 Å². The van der Waals surface area contributed by atoms with E-state index >= 15 is 0 Å². The summed E-state index contributed by atoms with van der Waals surface area (Å²) in [5.74, 6) is 0.848. The van der Waals surface area contributed by atoms with Gasteiger partial charge in [0.1, 0.15) is 9.75 Å². The first-order valence-corrected chi connectivity index (χ1v) is 11.9. The molecule has 0 unspecified atom stereocenters. The zero-order chi connectivity index (χ0) is 19.8. The number of amides is 1. The van der Waals surface area contributed by atoms with E-state index in [1.165, 1.54) is 15.6 Å². The summed E-state index contributed by atoms with van der Waals surface area (Å²) in [4.78, 5) is 17.8. The summed E-state index contributed by atoms with van der Waals surface area (Å²) < 4.78 is 32.3. The lowest BCUT2D eigenvalue weighted by atomic mass is 9.96. The molecular weight excluding hydrogens is 400 g/mol. The molecule has 0 spiro atoms. The van der Waals surface area contributed by atoms with Gasteiger partial charge in [-0.3, -0.25) is 4.79 Å². The van der Waals surface area contributed by atoms with Crippen molar-refractivity contribution >= 4 is 27.3 Å². The number of nitrogens with one attached hydrogen (secondary N) is 1. The van der Waals surface area contributed by atoms with E-state index in [0.717, 1.165) is 43.4 Å². The molecule has 8 nitrogen and oxygen atoms in total. The van der Waals surface area contributed by atoms with Crippen molar-refractivity contribution in [1.82, 2.24) is 19.8 Å². The Balaban J connectivity index is 1.46. The van der Waals surface area contributed by atoms with E-state index in [4.69, 9.17) is 4.52 Å². The number of hydrogen-bond acceptors (Lipinski definition) is 7. The van der Waals surface area contributed by atoms with Crippen LogP contribution in [-0.2, 0) is 26.8 Å². The van der Waals surface area contributed by atoms with Gasteiger partial charge in [-0.2, -0.15) is 9.29 Å². The van der Waals surface area contributed by atoms with Crippen LogP contribution in [0.25, 0.3) is 0 Å². The standard InChI is InChI=1S/C18H24N4O4S2/c1-13-19-17(21-26-13)18(8-2-3-9-18)20-15(23)12-14-6-7-16(27-14)28(24,25)22-10-4-5-11-22/h6-7H,2-5,8-12H2,1H3,(H,20,23). The van der Waals surface area contributed by atoms with Gasteiger partial charge >= 0.3 is 0 Å². The highest BCUT2D eigenvalue weighted by molar-refractivity contribution is 7.91. The van der Waals surface area contributed by atoms with E-state index in [1.807, 2.05) is 0 Å². The molecule has 10 heteroatoms. The van der Waals surface area contributed by atoms with E-state index in [2.05, 4.69) is 15.5 Å². The second kappa shape index (κ2) is 7.57. The molecule has 0 atom stereocenters. The van der Waals surface area contributed by atoms with Gasteiger partial charge in [0.05, 0.1) is 6.42 Å². The molecule has 3 heterocycles. The lowest BCUT2D eigenvalue weighted by Crippen LogP contribution is -2.45. The van der Waals surface area contributed by atoms with Crippen LogP contribution in [0.15, 0.2) is 20.9 Å². The summed E-state index contributed by atoms with van der Waals surface area (Å²) in [7, 11) is -3.44. The molecule has 0 aromatic carbocycles. The molecule has 1 aliphatic carbocycles. The molecule has 2 aliphatic rings. The number of carbonyl (C=O) groups excluding carboxylic acids is 1. The van der Waals surface area contributed by atoms with Crippen LogP contribution in [0.2, 0.25) is 0 Å². The van der Waals surface area contributed by atoms with E-state index in [1.54, 1.807) is 19.1 Å². The van der Waals surface area contributed by atoms with Crippen molar-refractivity contribution in [1.29, 1.82) is 0 Å². The average Bonchev–Trinajstić information content (AvgIpc) is 3.43. The van der Waals surface area contributed by atoms with Crippen LogP contribution in [0.1, 0.15) is 55.1 Å². The van der Waals surface area contributed by atoms with Crippen LogP contribution in [0.4, 0.5) is 0 Å². The summed E-state index contributed by atoms with van der Waals surface area (Å²) in [5.41, 5.74) is -0.587. The molecule has 1 saturated heterocycles. The highest BCUT2D eigenvalue weighted by Gasteiger charge is 2.41.